The van der Waals surface area contributed by atoms with Crippen molar-refractivity contribution in [3.8, 4) is 0 Å². The number of hydrogen-bond donors (Lipinski definition) is 1. The Labute approximate surface area is 95.3 Å². The molecular formula is C10H18N4S. The lowest BCUT2D eigenvalue weighted by Gasteiger charge is -2.30. The van der Waals surface area contributed by atoms with Gasteiger partial charge in [-0.15, -0.1) is 0 Å². The number of rotatable bonds is 3. The van der Waals surface area contributed by atoms with Crippen LogP contribution in [0.5, 0.6) is 0 Å². The van der Waals surface area contributed by atoms with E-state index >= 15 is 0 Å². The zero-order chi connectivity index (χ0) is 10.7. The molecule has 0 saturated carbocycles. The second-order valence-electron chi connectivity index (χ2n) is 4.19. The van der Waals surface area contributed by atoms with Crippen LogP contribution in [0.15, 0.2) is 6.33 Å². The third-order valence-corrected chi connectivity index (χ3v) is 3.55. The van der Waals surface area contributed by atoms with Gasteiger partial charge in [0.25, 0.3) is 0 Å². The molecule has 0 aromatic carbocycles. The number of hydrogen-bond acceptors (Lipinski definition) is 3. The van der Waals surface area contributed by atoms with Gasteiger partial charge in [0.05, 0.1) is 0 Å². The molecule has 0 unspecified atom stereocenters. The van der Waals surface area contributed by atoms with E-state index in [4.69, 9.17) is 12.2 Å². The first-order valence-corrected chi connectivity index (χ1v) is 6.02. The molecule has 2 rings (SSSR count). The minimum absolute atomic E-state index is 0.743. The highest BCUT2D eigenvalue weighted by Crippen LogP contribution is 2.18. The number of H-pyrrole nitrogens is 1. The van der Waals surface area contributed by atoms with Crippen LogP contribution in [0, 0.1) is 10.7 Å². The third kappa shape index (κ3) is 2.66. The predicted molar refractivity (Wildman–Crippen MR) is 62.2 cm³/mol. The Kier molecular flexibility index (Phi) is 3.53. The topological polar surface area (TPSA) is 36.9 Å². The van der Waals surface area contributed by atoms with Crippen molar-refractivity contribution in [2.75, 3.05) is 19.6 Å². The molecule has 1 aliphatic rings. The largest absolute Gasteiger partial charge is 0.306 e. The number of piperidine rings is 1. The number of aromatic amines is 1. The van der Waals surface area contributed by atoms with E-state index in [1.807, 2.05) is 4.57 Å². The van der Waals surface area contributed by atoms with E-state index in [2.05, 4.69) is 22.0 Å². The first kappa shape index (κ1) is 10.8. The summed E-state index contributed by atoms with van der Waals surface area (Å²) in [6, 6.07) is 0. The summed E-state index contributed by atoms with van der Waals surface area (Å²) in [7, 11) is 0. The van der Waals surface area contributed by atoms with Gasteiger partial charge in [0.2, 0.25) is 0 Å². The van der Waals surface area contributed by atoms with Crippen LogP contribution in [0.1, 0.15) is 19.8 Å². The van der Waals surface area contributed by atoms with Gasteiger partial charge in [0.1, 0.15) is 6.33 Å². The van der Waals surface area contributed by atoms with Gasteiger partial charge < -0.3 is 9.47 Å². The fourth-order valence-corrected chi connectivity index (χ4v) is 2.34. The molecule has 0 aliphatic carbocycles. The normalized spacial score (nSPS) is 19.5. The van der Waals surface area contributed by atoms with Crippen molar-refractivity contribution in [3.05, 3.63) is 11.1 Å². The molecular weight excluding hydrogens is 208 g/mol. The van der Waals surface area contributed by atoms with Crippen LogP contribution >= 0.6 is 12.2 Å². The summed E-state index contributed by atoms with van der Waals surface area (Å²) >= 11 is 5.13. The summed E-state index contributed by atoms with van der Waals surface area (Å²) < 4.78 is 2.79. The Morgan fingerprint density at radius 3 is 2.80 bits per heavy atom. The summed E-state index contributed by atoms with van der Waals surface area (Å²) in [5.41, 5.74) is 0. The molecule has 0 radical (unpaired) electrons. The van der Waals surface area contributed by atoms with Crippen LogP contribution < -0.4 is 0 Å². The van der Waals surface area contributed by atoms with Crippen molar-refractivity contribution in [3.63, 3.8) is 0 Å². The zero-order valence-corrected chi connectivity index (χ0v) is 9.96. The molecule has 2 heterocycles. The van der Waals surface area contributed by atoms with Crippen LogP contribution in [0.3, 0.4) is 0 Å². The number of nitrogens with zero attached hydrogens (tertiary/aromatic N) is 3. The standard InChI is InChI=1S/C10H18N4S/c1-2-13-5-3-9(4-6-13)7-14-8-11-12-10(14)15/h8-9H,2-7H2,1H3,(H,12,15). The van der Waals surface area contributed by atoms with Crippen LogP contribution in [0.2, 0.25) is 0 Å². The molecule has 1 aliphatic heterocycles. The van der Waals surface area contributed by atoms with Gasteiger partial charge in [0.15, 0.2) is 4.77 Å². The maximum atomic E-state index is 5.13. The molecule has 1 aromatic heterocycles. The van der Waals surface area contributed by atoms with E-state index in [0.717, 1.165) is 17.2 Å². The van der Waals surface area contributed by atoms with Gasteiger partial charge in [0, 0.05) is 6.54 Å². The maximum absolute atomic E-state index is 5.13. The second kappa shape index (κ2) is 4.90. The van der Waals surface area contributed by atoms with E-state index in [-0.39, 0.29) is 0 Å². The van der Waals surface area contributed by atoms with Crippen molar-refractivity contribution in [2.24, 2.45) is 5.92 Å². The molecule has 1 N–H and O–H groups in total. The van der Waals surface area contributed by atoms with E-state index in [0.29, 0.717) is 0 Å². The molecule has 1 aromatic rings. The Bertz CT molecular complexity index is 348. The van der Waals surface area contributed by atoms with Crippen LogP contribution in [-0.2, 0) is 6.54 Å². The summed E-state index contributed by atoms with van der Waals surface area (Å²) in [5, 5.41) is 6.74. The minimum atomic E-state index is 0.743. The van der Waals surface area contributed by atoms with E-state index in [1.165, 1.54) is 32.5 Å². The monoisotopic (exact) mass is 226 g/mol. The first-order chi connectivity index (χ1) is 7.29. The van der Waals surface area contributed by atoms with Crippen molar-refractivity contribution < 1.29 is 0 Å². The number of nitrogens with one attached hydrogen (secondary N) is 1. The Morgan fingerprint density at radius 1 is 1.53 bits per heavy atom. The zero-order valence-electron chi connectivity index (χ0n) is 9.15. The summed E-state index contributed by atoms with van der Waals surface area (Å²) in [5.74, 6) is 0.761. The van der Waals surface area contributed by atoms with Crippen LogP contribution in [0.4, 0.5) is 0 Å². The maximum Gasteiger partial charge on any atom is 0.194 e. The lowest BCUT2D eigenvalue weighted by molar-refractivity contribution is 0.180. The van der Waals surface area contributed by atoms with Crippen LogP contribution in [0.25, 0.3) is 0 Å². The van der Waals surface area contributed by atoms with Gasteiger partial charge >= 0.3 is 0 Å². The molecule has 0 spiro atoms. The number of likely N-dealkylation sites (tertiary alicyclic amines) is 1. The smallest absolute Gasteiger partial charge is 0.194 e. The lowest BCUT2D eigenvalue weighted by Crippen LogP contribution is -2.34. The molecule has 0 amide bonds. The third-order valence-electron chi connectivity index (χ3n) is 3.23. The van der Waals surface area contributed by atoms with E-state index in [1.54, 1.807) is 6.33 Å². The van der Waals surface area contributed by atoms with Gasteiger partial charge in [-0.3, -0.25) is 5.10 Å². The highest BCUT2D eigenvalue weighted by Gasteiger charge is 2.18. The molecule has 1 fully saturated rings. The molecule has 5 heteroatoms. The highest BCUT2D eigenvalue weighted by molar-refractivity contribution is 7.71. The second-order valence-corrected chi connectivity index (χ2v) is 4.58. The first-order valence-electron chi connectivity index (χ1n) is 5.61. The molecule has 4 nitrogen and oxygen atoms in total. The molecule has 84 valence electrons. The van der Waals surface area contributed by atoms with Gasteiger partial charge in [-0.2, -0.15) is 5.10 Å². The van der Waals surface area contributed by atoms with Crippen molar-refractivity contribution in [1.29, 1.82) is 0 Å². The quantitative estimate of drug-likeness (QED) is 0.797. The van der Waals surface area contributed by atoms with Gasteiger partial charge in [-0.25, -0.2) is 0 Å². The highest BCUT2D eigenvalue weighted by atomic mass is 32.1. The van der Waals surface area contributed by atoms with E-state index in [9.17, 15) is 0 Å². The molecule has 1 saturated heterocycles. The van der Waals surface area contributed by atoms with Gasteiger partial charge in [-0.1, -0.05) is 6.92 Å². The van der Waals surface area contributed by atoms with Crippen LogP contribution in [-0.4, -0.2) is 39.3 Å². The molecule has 0 bridgehead atoms. The Hall–Kier alpha value is -0.680. The lowest BCUT2D eigenvalue weighted by atomic mass is 9.97. The molecule has 0 atom stereocenters. The Morgan fingerprint density at radius 2 is 2.27 bits per heavy atom. The summed E-state index contributed by atoms with van der Waals surface area (Å²) in [6.07, 6.45) is 4.36. The predicted octanol–water partition coefficient (Wildman–Crippen LogP) is 1.67. The minimum Gasteiger partial charge on any atom is -0.306 e. The van der Waals surface area contributed by atoms with E-state index < -0.39 is 0 Å². The fraction of sp³-hybridized carbons (Fsp3) is 0.800. The molecule has 15 heavy (non-hydrogen) atoms. The average Bonchev–Trinajstić information content (AvgIpc) is 2.66. The van der Waals surface area contributed by atoms with Crippen molar-refractivity contribution in [2.45, 2.75) is 26.3 Å². The Balaban J connectivity index is 1.87. The number of aromatic nitrogens is 3. The average molecular weight is 226 g/mol. The summed E-state index contributed by atoms with van der Waals surface area (Å²) in [6.45, 7) is 6.88. The van der Waals surface area contributed by atoms with Crippen molar-refractivity contribution >= 4 is 12.2 Å². The SMILES string of the molecule is CCN1CCC(Cn2cn[nH]c2=S)CC1. The summed E-state index contributed by atoms with van der Waals surface area (Å²) in [4.78, 5) is 2.51. The van der Waals surface area contributed by atoms with Crippen molar-refractivity contribution in [1.82, 2.24) is 19.7 Å². The van der Waals surface area contributed by atoms with Gasteiger partial charge in [-0.05, 0) is 50.6 Å². The fourth-order valence-electron chi connectivity index (χ4n) is 2.16.